The van der Waals surface area contributed by atoms with Crippen molar-refractivity contribution in [3.63, 3.8) is 0 Å². The number of furan rings is 1. The average molecular weight is 249 g/mol. The zero-order valence-electron chi connectivity index (χ0n) is 10.8. The van der Waals surface area contributed by atoms with E-state index in [9.17, 15) is 0 Å². The zero-order chi connectivity index (χ0) is 12.4. The van der Waals surface area contributed by atoms with E-state index < -0.39 is 0 Å². The fourth-order valence-electron chi connectivity index (χ4n) is 2.16. The molecule has 0 saturated carbocycles. The topological polar surface area (TPSA) is 25.2 Å². The summed E-state index contributed by atoms with van der Waals surface area (Å²) >= 11 is 1.86. The summed E-state index contributed by atoms with van der Waals surface area (Å²) in [5.41, 5.74) is 1.39. The van der Waals surface area contributed by atoms with Crippen molar-refractivity contribution >= 4 is 11.3 Å². The SMILES string of the molecule is Cc1cc(C(C)N[C@H](C)c2ccco2)c(C)s1. The summed E-state index contributed by atoms with van der Waals surface area (Å²) in [6, 6.07) is 6.79. The molecule has 0 aliphatic rings. The fourth-order valence-corrected chi connectivity index (χ4v) is 3.19. The summed E-state index contributed by atoms with van der Waals surface area (Å²) in [5.74, 6) is 0.987. The minimum Gasteiger partial charge on any atom is -0.468 e. The van der Waals surface area contributed by atoms with E-state index in [0.29, 0.717) is 6.04 Å². The van der Waals surface area contributed by atoms with Crippen molar-refractivity contribution in [1.82, 2.24) is 5.32 Å². The Labute approximate surface area is 107 Å². The molecule has 0 radical (unpaired) electrons. The van der Waals surface area contributed by atoms with Crippen LogP contribution in [0.4, 0.5) is 0 Å². The number of aryl methyl sites for hydroxylation is 2. The second kappa shape index (κ2) is 5.07. The normalized spacial score (nSPS) is 14.8. The van der Waals surface area contributed by atoms with Crippen molar-refractivity contribution in [3.05, 3.63) is 45.5 Å². The Morgan fingerprint density at radius 2 is 2.00 bits per heavy atom. The molecule has 17 heavy (non-hydrogen) atoms. The van der Waals surface area contributed by atoms with Crippen LogP contribution in [0.5, 0.6) is 0 Å². The lowest BCUT2D eigenvalue weighted by Gasteiger charge is -2.18. The van der Waals surface area contributed by atoms with Gasteiger partial charge in [0.25, 0.3) is 0 Å². The van der Waals surface area contributed by atoms with Gasteiger partial charge in [0.1, 0.15) is 5.76 Å². The lowest BCUT2D eigenvalue weighted by Crippen LogP contribution is -2.22. The number of thiophene rings is 1. The van der Waals surface area contributed by atoms with Crippen LogP contribution >= 0.6 is 11.3 Å². The standard InChI is InChI=1S/C14H19NOS/c1-9-8-13(12(4)17-9)10(2)15-11(3)14-6-5-7-16-14/h5-8,10-11,15H,1-4H3/t10?,11-/m1/s1. The third-order valence-electron chi connectivity index (χ3n) is 3.02. The van der Waals surface area contributed by atoms with E-state index in [1.807, 2.05) is 23.5 Å². The number of rotatable bonds is 4. The molecule has 2 aromatic heterocycles. The van der Waals surface area contributed by atoms with E-state index in [-0.39, 0.29) is 6.04 Å². The quantitative estimate of drug-likeness (QED) is 0.870. The maximum absolute atomic E-state index is 5.41. The maximum Gasteiger partial charge on any atom is 0.120 e. The molecule has 2 rings (SSSR count). The second-order valence-electron chi connectivity index (χ2n) is 4.49. The van der Waals surface area contributed by atoms with Crippen molar-refractivity contribution in [2.75, 3.05) is 0 Å². The lowest BCUT2D eigenvalue weighted by molar-refractivity contribution is 0.403. The van der Waals surface area contributed by atoms with Crippen molar-refractivity contribution in [2.24, 2.45) is 0 Å². The minimum atomic E-state index is 0.236. The highest BCUT2D eigenvalue weighted by molar-refractivity contribution is 7.12. The lowest BCUT2D eigenvalue weighted by atomic mass is 10.1. The Balaban J connectivity index is 2.06. The highest BCUT2D eigenvalue weighted by Crippen LogP contribution is 2.28. The van der Waals surface area contributed by atoms with E-state index in [1.54, 1.807) is 6.26 Å². The molecule has 0 spiro atoms. The molecule has 2 aromatic rings. The van der Waals surface area contributed by atoms with Crippen molar-refractivity contribution < 1.29 is 4.42 Å². The molecule has 0 fully saturated rings. The van der Waals surface area contributed by atoms with Crippen molar-refractivity contribution in [2.45, 2.75) is 39.8 Å². The molecule has 2 heterocycles. The van der Waals surface area contributed by atoms with Gasteiger partial charge < -0.3 is 9.73 Å². The molecule has 0 bridgehead atoms. The molecule has 92 valence electrons. The second-order valence-corrected chi connectivity index (χ2v) is 5.95. The van der Waals surface area contributed by atoms with Gasteiger partial charge in [-0.25, -0.2) is 0 Å². The predicted molar refractivity (Wildman–Crippen MR) is 72.5 cm³/mol. The van der Waals surface area contributed by atoms with Crippen LogP contribution in [0.25, 0.3) is 0 Å². The monoisotopic (exact) mass is 249 g/mol. The molecule has 1 N–H and O–H groups in total. The molecule has 0 aliphatic carbocycles. The summed E-state index contributed by atoms with van der Waals surface area (Å²) < 4.78 is 5.41. The molecule has 1 unspecified atom stereocenters. The largest absolute Gasteiger partial charge is 0.468 e. The van der Waals surface area contributed by atoms with Gasteiger partial charge in [-0.1, -0.05) is 0 Å². The molecular formula is C14H19NOS. The maximum atomic E-state index is 5.41. The van der Waals surface area contributed by atoms with Gasteiger partial charge in [-0.3, -0.25) is 0 Å². The highest BCUT2D eigenvalue weighted by Gasteiger charge is 2.15. The molecule has 2 nitrogen and oxygen atoms in total. The van der Waals surface area contributed by atoms with E-state index in [2.05, 4.69) is 39.1 Å². The Morgan fingerprint density at radius 1 is 1.24 bits per heavy atom. The first-order valence-corrected chi connectivity index (χ1v) is 6.76. The molecule has 2 atom stereocenters. The van der Waals surface area contributed by atoms with Gasteiger partial charge in [-0.2, -0.15) is 0 Å². The predicted octanol–water partition coefficient (Wildman–Crippen LogP) is 4.37. The summed E-state index contributed by atoms with van der Waals surface area (Å²) in [7, 11) is 0. The molecule has 0 saturated heterocycles. The third kappa shape index (κ3) is 2.79. The van der Waals surface area contributed by atoms with Crippen LogP contribution in [0, 0.1) is 13.8 Å². The van der Waals surface area contributed by atoms with E-state index in [0.717, 1.165) is 5.76 Å². The fraction of sp³-hybridized carbons (Fsp3) is 0.429. The van der Waals surface area contributed by atoms with Gasteiger partial charge in [0.05, 0.1) is 12.3 Å². The van der Waals surface area contributed by atoms with Crippen LogP contribution in [0.1, 0.15) is 47.0 Å². The Bertz CT molecular complexity index is 472. The van der Waals surface area contributed by atoms with E-state index in [4.69, 9.17) is 4.42 Å². The van der Waals surface area contributed by atoms with Gasteiger partial charge in [-0.05, 0) is 51.5 Å². The van der Waals surface area contributed by atoms with Crippen LogP contribution in [-0.2, 0) is 0 Å². The van der Waals surface area contributed by atoms with Crippen LogP contribution in [0.2, 0.25) is 0 Å². The Kier molecular flexibility index (Phi) is 3.69. The average Bonchev–Trinajstić information content (AvgIpc) is 2.87. The summed E-state index contributed by atoms with van der Waals surface area (Å²) in [6.45, 7) is 8.67. The Morgan fingerprint density at radius 3 is 2.53 bits per heavy atom. The molecular weight excluding hydrogens is 230 g/mol. The number of hydrogen-bond donors (Lipinski definition) is 1. The molecule has 3 heteroatoms. The minimum absolute atomic E-state index is 0.236. The summed E-state index contributed by atoms with van der Waals surface area (Å²) in [4.78, 5) is 2.77. The first kappa shape index (κ1) is 12.4. The highest BCUT2D eigenvalue weighted by atomic mass is 32.1. The summed E-state index contributed by atoms with van der Waals surface area (Å²) in [6.07, 6.45) is 1.72. The van der Waals surface area contributed by atoms with Gasteiger partial charge in [0.2, 0.25) is 0 Å². The van der Waals surface area contributed by atoms with E-state index >= 15 is 0 Å². The van der Waals surface area contributed by atoms with Crippen LogP contribution < -0.4 is 5.32 Å². The third-order valence-corrected chi connectivity index (χ3v) is 4.00. The van der Waals surface area contributed by atoms with Crippen molar-refractivity contribution in [3.8, 4) is 0 Å². The van der Waals surface area contributed by atoms with E-state index in [1.165, 1.54) is 15.3 Å². The van der Waals surface area contributed by atoms with Gasteiger partial charge in [0, 0.05) is 15.8 Å². The smallest absolute Gasteiger partial charge is 0.120 e. The summed E-state index contributed by atoms with van der Waals surface area (Å²) in [5, 5.41) is 3.57. The van der Waals surface area contributed by atoms with Gasteiger partial charge in [0.15, 0.2) is 0 Å². The molecule has 0 amide bonds. The molecule has 0 aliphatic heterocycles. The Hall–Kier alpha value is -1.06. The van der Waals surface area contributed by atoms with Crippen LogP contribution in [-0.4, -0.2) is 0 Å². The van der Waals surface area contributed by atoms with Gasteiger partial charge >= 0.3 is 0 Å². The number of nitrogens with one attached hydrogen (secondary N) is 1. The number of hydrogen-bond acceptors (Lipinski definition) is 3. The van der Waals surface area contributed by atoms with Crippen LogP contribution in [0.15, 0.2) is 28.9 Å². The zero-order valence-corrected chi connectivity index (χ0v) is 11.6. The van der Waals surface area contributed by atoms with Crippen LogP contribution in [0.3, 0.4) is 0 Å². The first-order valence-electron chi connectivity index (χ1n) is 5.94. The molecule has 0 aromatic carbocycles. The van der Waals surface area contributed by atoms with Crippen molar-refractivity contribution in [1.29, 1.82) is 0 Å². The van der Waals surface area contributed by atoms with Gasteiger partial charge in [-0.15, -0.1) is 11.3 Å². The first-order chi connectivity index (χ1) is 8.08.